The van der Waals surface area contributed by atoms with Crippen molar-refractivity contribution in [2.75, 3.05) is 26.4 Å². The Morgan fingerprint density at radius 2 is 0.885 bits per heavy atom. The molecule has 0 radical (unpaired) electrons. The van der Waals surface area contributed by atoms with Crippen molar-refractivity contribution < 1.29 is 89.4 Å². The van der Waals surface area contributed by atoms with Crippen molar-refractivity contribution in [3.05, 3.63) is 60.8 Å². The zero-order valence-electron chi connectivity index (χ0n) is 46.9. The van der Waals surface area contributed by atoms with Gasteiger partial charge in [0.15, 0.2) is 18.9 Å². The highest BCUT2D eigenvalue weighted by Crippen LogP contribution is 2.33. The van der Waals surface area contributed by atoms with Crippen molar-refractivity contribution in [2.24, 2.45) is 0 Å². The normalized spacial score (nSPS) is 30.9. The molecule has 3 saturated heterocycles. The Kier molecular flexibility index (Phi) is 37.9. The molecular weight excluding hydrogens is 1010 g/mol. The first-order valence-corrected chi connectivity index (χ1v) is 29.5. The second-order valence-electron chi connectivity index (χ2n) is 21.1. The van der Waals surface area contributed by atoms with Crippen LogP contribution in [0.4, 0.5) is 0 Å². The standard InChI is InChI=1S/C59H103NO18/c1-3-5-7-9-11-12-13-14-15-16-17-18-19-20-21-22-23-24-25-26-27-28-29-30-31-33-35-37-47(65)60-42(43(64)36-34-32-10-8-6-4-2)41-73-57-53(71)50(68)55(45(39-62)75-57)78-59-54(72)51(69)56(46(40-63)76-59)77-58-52(70)49(67)48(66)44(38-61)74-58/h5,7,11-12,14-15,17-18,20-21,42-46,48-59,61-64,66-72H,3-4,6,8-10,13,16,19,22-41H2,1-2H3,(H,60,65)/b7-5-,12-11-,15-14-,18-17-,21-20-. The number of aliphatic hydroxyl groups excluding tert-OH is 11. The molecule has 19 heteroatoms. The van der Waals surface area contributed by atoms with Gasteiger partial charge in [-0.15, -0.1) is 0 Å². The molecule has 452 valence electrons. The highest BCUT2D eigenvalue weighted by Gasteiger charge is 2.53. The molecule has 3 aliphatic rings. The lowest BCUT2D eigenvalue weighted by Crippen LogP contribution is -2.66. The first kappa shape index (κ1) is 69.8. The number of nitrogens with one attached hydrogen (secondary N) is 1. The molecule has 3 rings (SSSR count). The van der Waals surface area contributed by atoms with E-state index in [0.717, 1.165) is 96.3 Å². The number of amides is 1. The van der Waals surface area contributed by atoms with Crippen LogP contribution in [0.5, 0.6) is 0 Å². The minimum Gasteiger partial charge on any atom is -0.394 e. The van der Waals surface area contributed by atoms with Crippen molar-refractivity contribution in [3.8, 4) is 0 Å². The Morgan fingerprint density at radius 1 is 0.474 bits per heavy atom. The number of ether oxygens (including phenoxy) is 6. The number of hydrogen-bond donors (Lipinski definition) is 12. The Bertz CT molecular complexity index is 1660. The number of unbranched alkanes of at least 4 members (excludes halogenated alkanes) is 16. The molecule has 0 aromatic carbocycles. The summed E-state index contributed by atoms with van der Waals surface area (Å²) in [7, 11) is 0. The third-order valence-electron chi connectivity index (χ3n) is 14.6. The van der Waals surface area contributed by atoms with E-state index in [1.807, 2.05) is 0 Å². The monoisotopic (exact) mass is 1110 g/mol. The van der Waals surface area contributed by atoms with E-state index >= 15 is 0 Å². The molecule has 0 spiro atoms. The maximum atomic E-state index is 13.2. The lowest BCUT2D eigenvalue weighted by Gasteiger charge is -2.48. The smallest absolute Gasteiger partial charge is 0.220 e. The summed E-state index contributed by atoms with van der Waals surface area (Å²) in [4.78, 5) is 13.2. The summed E-state index contributed by atoms with van der Waals surface area (Å²) in [5, 5.41) is 120. The number of aliphatic hydroxyl groups is 11. The van der Waals surface area contributed by atoms with Crippen LogP contribution in [0, 0.1) is 0 Å². The van der Waals surface area contributed by atoms with Gasteiger partial charge in [-0.25, -0.2) is 0 Å². The van der Waals surface area contributed by atoms with E-state index in [9.17, 15) is 61.0 Å². The average Bonchev–Trinajstić information content (AvgIpc) is 3.45. The summed E-state index contributed by atoms with van der Waals surface area (Å²) >= 11 is 0. The molecule has 78 heavy (non-hydrogen) atoms. The number of rotatable bonds is 42. The van der Waals surface area contributed by atoms with E-state index in [4.69, 9.17) is 28.4 Å². The molecule has 3 fully saturated rings. The van der Waals surface area contributed by atoms with Crippen LogP contribution in [0.3, 0.4) is 0 Å². The van der Waals surface area contributed by atoms with Gasteiger partial charge in [-0.1, -0.05) is 171 Å². The second-order valence-corrected chi connectivity index (χ2v) is 21.1. The van der Waals surface area contributed by atoms with E-state index in [-0.39, 0.29) is 18.9 Å². The van der Waals surface area contributed by atoms with Gasteiger partial charge in [0.2, 0.25) is 5.91 Å². The maximum absolute atomic E-state index is 13.2. The van der Waals surface area contributed by atoms with Crippen LogP contribution in [-0.2, 0) is 33.2 Å². The predicted octanol–water partition coefficient (Wildman–Crippen LogP) is 4.87. The van der Waals surface area contributed by atoms with Crippen molar-refractivity contribution in [1.29, 1.82) is 0 Å². The summed E-state index contributed by atoms with van der Waals surface area (Å²) in [5.74, 6) is -0.256. The summed E-state index contributed by atoms with van der Waals surface area (Å²) in [6.07, 6.45) is 20.8. The van der Waals surface area contributed by atoms with Crippen molar-refractivity contribution in [3.63, 3.8) is 0 Å². The van der Waals surface area contributed by atoms with Gasteiger partial charge in [0.05, 0.1) is 38.6 Å². The second kappa shape index (κ2) is 42.3. The van der Waals surface area contributed by atoms with Gasteiger partial charge < -0.3 is 89.9 Å². The van der Waals surface area contributed by atoms with Crippen LogP contribution in [0.2, 0.25) is 0 Å². The molecule has 17 atom stereocenters. The van der Waals surface area contributed by atoms with Crippen LogP contribution in [-0.4, -0.2) is 193 Å². The first-order chi connectivity index (χ1) is 37.8. The fraction of sp³-hybridized carbons (Fsp3) is 0.814. The number of allylic oxidation sites excluding steroid dienone is 10. The fourth-order valence-electron chi connectivity index (χ4n) is 9.75. The molecule has 0 bridgehead atoms. The lowest BCUT2D eigenvalue weighted by molar-refractivity contribution is -0.379. The number of carbonyl (C=O) groups excluding carboxylic acids is 1. The van der Waals surface area contributed by atoms with E-state index in [1.54, 1.807) is 0 Å². The molecule has 3 aliphatic heterocycles. The molecular formula is C59H103NO18. The highest BCUT2D eigenvalue weighted by atomic mass is 16.8. The van der Waals surface area contributed by atoms with Gasteiger partial charge in [-0.2, -0.15) is 0 Å². The summed E-state index contributed by atoms with van der Waals surface area (Å²) in [6.45, 7) is 1.57. The van der Waals surface area contributed by atoms with Gasteiger partial charge in [0.25, 0.3) is 0 Å². The molecule has 17 unspecified atom stereocenters. The molecule has 0 aliphatic carbocycles. The quantitative estimate of drug-likeness (QED) is 0.0287. The third kappa shape index (κ3) is 26.2. The SMILES string of the molecule is CC/C=C\C/C=C\C/C=C\C/C=C\C/C=C\CCCCCCCCCCCCCC(=O)NC(COC1OC(CO)C(OC2OC(CO)C(OC3OC(CO)C(O)C(O)C3O)C(O)C2O)C(O)C1O)C(O)CCCCCCCC. The van der Waals surface area contributed by atoms with E-state index in [2.05, 4.69) is 79.9 Å². The van der Waals surface area contributed by atoms with Crippen LogP contribution < -0.4 is 5.32 Å². The largest absolute Gasteiger partial charge is 0.394 e. The molecule has 0 saturated carbocycles. The van der Waals surface area contributed by atoms with E-state index in [0.29, 0.717) is 12.8 Å². The van der Waals surface area contributed by atoms with Gasteiger partial charge in [-0.3, -0.25) is 4.79 Å². The Hall–Kier alpha value is -2.51. The highest BCUT2D eigenvalue weighted by molar-refractivity contribution is 5.76. The van der Waals surface area contributed by atoms with Gasteiger partial charge in [-0.05, 0) is 57.8 Å². The van der Waals surface area contributed by atoms with E-state index in [1.165, 1.54) is 44.9 Å². The first-order valence-electron chi connectivity index (χ1n) is 29.5. The van der Waals surface area contributed by atoms with Crippen LogP contribution in [0.25, 0.3) is 0 Å². The summed E-state index contributed by atoms with van der Waals surface area (Å²) in [5.41, 5.74) is 0. The molecule has 1 amide bonds. The summed E-state index contributed by atoms with van der Waals surface area (Å²) in [6, 6.07) is -0.887. The molecule has 0 aromatic rings. The molecule has 0 aromatic heterocycles. The molecule has 3 heterocycles. The maximum Gasteiger partial charge on any atom is 0.220 e. The predicted molar refractivity (Wildman–Crippen MR) is 295 cm³/mol. The van der Waals surface area contributed by atoms with E-state index < -0.39 is 124 Å². The fourth-order valence-corrected chi connectivity index (χ4v) is 9.75. The Balaban J connectivity index is 1.38. The average molecular weight is 1110 g/mol. The van der Waals surface area contributed by atoms with Gasteiger partial charge >= 0.3 is 0 Å². The molecule has 12 N–H and O–H groups in total. The zero-order valence-corrected chi connectivity index (χ0v) is 46.9. The summed E-state index contributed by atoms with van der Waals surface area (Å²) < 4.78 is 34.1. The Labute approximate surface area is 465 Å². The van der Waals surface area contributed by atoms with Crippen LogP contribution in [0.15, 0.2) is 60.8 Å². The van der Waals surface area contributed by atoms with Gasteiger partial charge in [0.1, 0.15) is 73.2 Å². The third-order valence-corrected chi connectivity index (χ3v) is 14.6. The van der Waals surface area contributed by atoms with Crippen molar-refractivity contribution in [2.45, 2.75) is 279 Å². The van der Waals surface area contributed by atoms with Gasteiger partial charge in [0, 0.05) is 6.42 Å². The van der Waals surface area contributed by atoms with Crippen LogP contribution >= 0.6 is 0 Å². The topological polar surface area (TPSA) is 307 Å². The minimum atomic E-state index is -1.97. The number of hydrogen-bond acceptors (Lipinski definition) is 18. The van der Waals surface area contributed by atoms with Crippen molar-refractivity contribution >= 4 is 5.91 Å². The van der Waals surface area contributed by atoms with Crippen LogP contribution in [0.1, 0.15) is 174 Å². The number of carbonyl (C=O) groups is 1. The Morgan fingerprint density at radius 3 is 1.38 bits per heavy atom. The van der Waals surface area contributed by atoms with Crippen molar-refractivity contribution in [1.82, 2.24) is 5.32 Å². The molecule has 19 nitrogen and oxygen atoms in total. The lowest BCUT2D eigenvalue weighted by atomic mass is 9.96. The minimum absolute atomic E-state index is 0.256. The zero-order chi connectivity index (χ0) is 56.9.